The van der Waals surface area contributed by atoms with Gasteiger partial charge in [0.05, 0.1) is 12.2 Å². The van der Waals surface area contributed by atoms with Crippen LogP contribution in [0.25, 0.3) is 0 Å². The quantitative estimate of drug-likeness (QED) is 0.757. The highest BCUT2D eigenvalue weighted by molar-refractivity contribution is 5.80. The summed E-state index contributed by atoms with van der Waals surface area (Å²) in [5.74, 6) is 2.92. The van der Waals surface area contributed by atoms with E-state index in [1.807, 2.05) is 0 Å². The second-order valence-electron chi connectivity index (χ2n) is 10.6. The predicted molar refractivity (Wildman–Crippen MR) is 97.8 cm³/mol. The van der Waals surface area contributed by atoms with Crippen molar-refractivity contribution >= 4 is 5.78 Å². The third-order valence-electron chi connectivity index (χ3n) is 9.35. The third-order valence-corrected chi connectivity index (χ3v) is 9.35. The van der Waals surface area contributed by atoms with Crippen LogP contribution in [0, 0.1) is 46.3 Å². The Hall–Kier alpha value is -0.410. The molecule has 0 aromatic heterocycles. The van der Waals surface area contributed by atoms with Gasteiger partial charge in [-0.25, -0.2) is 0 Å². The smallest absolute Gasteiger partial charge is 0.133 e. The maximum Gasteiger partial charge on any atom is 0.133 e. The summed E-state index contributed by atoms with van der Waals surface area (Å²) in [6, 6.07) is 0. The number of carbonyl (C=O) groups excluding carboxylic acids is 1. The summed E-state index contributed by atoms with van der Waals surface area (Å²) >= 11 is 0. The Morgan fingerprint density at radius 2 is 1.76 bits per heavy atom. The predicted octanol–water partition coefficient (Wildman–Crippen LogP) is 3.81. The molecule has 25 heavy (non-hydrogen) atoms. The van der Waals surface area contributed by atoms with Crippen LogP contribution in [0.15, 0.2) is 0 Å². The summed E-state index contributed by atoms with van der Waals surface area (Å²) in [6.07, 6.45) is 6.72. The molecule has 4 saturated carbocycles. The van der Waals surface area contributed by atoms with E-state index in [1.54, 1.807) is 6.92 Å². The summed E-state index contributed by atoms with van der Waals surface area (Å²) in [5.41, 5.74) is 0.143. The van der Waals surface area contributed by atoms with Crippen LogP contribution in [0.4, 0.5) is 0 Å². The van der Waals surface area contributed by atoms with Crippen LogP contribution in [-0.2, 0) is 4.79 Å². The van der Waals surface area contributed by atoms with Crippen molar-refractivity contribution in [2.45, 2.75) is 84.8 Å². The molecule has 0 saturated heterocycles. The molecular formula is C22H36O3. The van der Waals surface area contributed by atoms with Crippen LogP contribution >= 0.6 is 0 Å². The topological polar surface area (TPSA) is 57.5 Å². The lowest BCUT2D eigenvalue weighted by Gasteiger charge is -2.62. The fourth-order valence-electron chi connectivity index (χ4n) is 8.59. The van der Waals surface area contributed by atoms with E-state index in [4.69, 9.17) is 0 Å². The second-order valence-corrected chi connectivity index (χ2v) is 10.6. The highest BCUT2D eigenvalue weighted by Crippen LogP contribution is 2.68. The molecule has 3 nitrogen and oxygen atoms in total. The minimum Gasteiger partial charge on any atom is -0.393 e. The van der Waals surface area contributed by atoms with Gasteiger partial charge >= 0.3 is 0 Å². The van der Waals surface area contributed by atoms with Crippen molar-refractivity contribution < 1.29 is 15.0 Å². The molecular weight excluding hydrogens is 312 g/mol. The lowest BCUT2D eigenvalue weighted by molar-refractivity contribution is -0.178. The zero-order chi connectivity index (χ0) is 18.1. The fraction of sp³-hybridized carbons (Fsp3) is 0.955. The molecule has 2 N–H and O–H groups in total. The molecule has 4 fully saturated rings. The average molecular weight is 349 g/mol. The number of fused-ring (bicyclic) bond motifs is 5. The molecule has 10 atom stereocenters. The van der Waals surface area contributed by atoms with Gasteiger partial charge in [-0.2, -0.15) is 0 Å². The van der Waals surface area contributed by atoms with Crippen molar-refractivity contribution in [1.29, 1.82) is 0 Å². The molecule has 3 heteroatoms. The Morgan fingerprint density at radius 3 is 2.44 bits per heavy atom. The molecule has 4 aliphatic rings. The number of ketones is 1. The van der Waals surface area contributed by atoms with Crippen molar-refractivity contribution in [3.8, 4) is 0 Å². The first-order valence-electron chi connectivity index (χ1n) is 10.5. The molecule has 0 unspecified atom stereocenters. The average Bonchev–Trinajstić information content (AvgIpc) is 2.77. The van der Waals surface area contributed by atoms with Gasteiger partial charge in [0.15, 0.2) is 0 Å². The number of hydrogen-bond donors (Lipinski definition) is 2. The summed E-state index contributed by atoms with van der Waals surface area (Å²) in [7, 11) is 0. The van der Waals surface area contributed by atoms with E-state index >= 15 is 0 Å². The molecule has 0 heterocycles. The van der Waals surface area contributed by atoms with Gasteiger partial charge in [-0.1, -0.05) is 20.8 Å². The van der Waals surface area contributed by atoms with E-state index in [-0.39, 0.29) is 29.0 Å². The van der Waals surface area contributed by atoms with Crippen molar-refractivity contribution in [2.75, 3.05) is 0 Å². The van der Waals surface area contributed by atoms with E-state index in [1.165, 1.54) is 12.8 Å². The second kappa shape index (κ2) is 5.79. The maximum absolute atomic E-state index is 12.4. The van der Waals surface area contributed by atoms with Gasteiger partial charge in [0.1, 0.15) is 5.78 Å². The normalized spacial score (nSPS) is 58.2. The van der Waals surface area contributed by atoms with E-state index in [9.17, 15) is 15.0 Å². The molecule has 4 rings (SSSR count). The van der Waals surface area contributed by atoms with Crippen LogP contribution in [0.3, 0.4) is 0 Å². The standard InChI is InChI=1S/C22H36O3/c1-12-9-17-16-6-5-14-10-15(24)7-8-21(14,3)20(16)18(25)11-22(17,4)19(12)13(2)23/h12,14-20,24-25H,5-11H2,1-4H3/t12-,14-,15-,16+,17+,18-,19-,20-,21+,22+/m1/s1. The number of aliphatic hydroxyl groups excluding tert-OH is 2. The van der Waals surface area contributed by atoms with E-state index < -0.39 is 0 Å². The minimum absolute atomic E-state index is 0.0246. The number of hydrogen-bond acceptors (Lipinski definition) is 3. The Bertz CT molecular complexity index is 559. The molecule has 142 valence electrons. The summed E-state index contributed by atoms with van der Waals surface area (Å²) in [6.45, 7) is 8.70. The summed E-state index contributed by atoms with van der Waals surface area (Å²) in [5, 5.41) is 21.4. The van der Waals surface area contributed by atoms with Crippen molar-refractivity contribution in [1.82, 2.24) is 0 Å². The molecule has 4 aliphatic carbocycles. The van der Waals surface area contributed by atoms with Crippen LogP contribution in [0.5, 0.6) is 0 Å². The maximum atomic E-state index is 12.4. The van der Waals surface area contributed by atoms with Crippen LogP contribution in [0.1, 0.15) is 72.6 Å². The van der Waals surface area contributed by atoms with E-state index in [0.717, 1.165) is 32.1 Å². The molecule has 0 amide bonds. The highest BCUT2D eigenvalue weighted by Gasteiger charge is 2.64. The number of Topliss-reactive ketones (excluding diaryl/α,β-unsaturated/α-hetero) is 1. The number of carbonyl (C=O) groups is 1. The SMILES string of the molecule is CC(=O)[C@H]1[C@H](C)C[C@H]2[C@@H]3CC[C@@H]4C[C@H](O)CC[C@]4(C)[C@H]3[C@H](O)C[C@@]21C. The largest absolute Gasteiger partial charge is 0.393 e. The fourth-order valence-corrected chi connectivity index (χ4v) is 8.59. The summed E-state index contributed by atoms with van der Waals surface area (Å²) < 4.78 is 0. The first-order valence-corrected chi connectivity index (χ1v) is 10.5. The van der Waals surface area contributed by atoms with Gasteiger partial charge in [0.25, 0.3) is 0 Å². The molecule has 0 spiro atoms. The zero-order valence-corrected chi connectivity index (χ0v) is 16.4. The van der Waals surface area contributed by atoms with Gasteiger partial charge in [0.2, 0.25) is 0 Å². The minimum atomic E-state index is -0.290. The van der Waals surface area contributed by atoms with Gasteiger partial charge in [-0.3, -0.25) is 4.79 Å². The van der Waals surface area contributed by atoms with Crippen molar-refractivity contribution in [2.24, 2.45) is 46.3 Å². The first kappa shape index (κ1) is 18.0. The van der Waals surface area contributed by atoms with Gasteiger partial charge in [0, 0.05) is 5.92 Å². The Balaban J connectivity index is 1.69. The Labute approximate surface area is 152 Å². The molecule has 0 radical (unpaired) electrons. The summed E-state index contributed by atoms with van der Waals surface area (Å²) in [4.78, 5) is 12.4. The van der Waals surface area contributed by atoms with Crippen molar-refractivity contribution in [3.63, 3.8) is 0 Å². The van der Waals surface area contributed by atoms with Crippen LogP contribution < -0.4 is 0 Å². The Kier molecular flexibility index (Phi) is 4.16. The van der Waals surface area contributed by atoms with Crippen molar-refractivity contribution in [3.05, 3.63) is 0 Å². The molecule has 0 bridgehead atoms. The number of rotatable bonds is 1. The van der Waals surface area contributed by atoms with Gasteiger partial charge in [-0.05, 0) is 92.3 Å². The molecule has 0 aromatic carbocycles. The Morgan fingerprint density at radius 1 is 1.04 bits per heavy atom. The third kappa shape index (κ3) is 2.41. The lowest BCUT2D eigenvalue weighted by atomic mass is 9.44. The van der Waals surface area contributed by atoms with Gasteiger partial charge < -0.3 is 10.2 Å². The highest BCUT2D eigenvalue weighted by atomic mass is 16.3. The zero-order valence-electron chi connectivity index (χ0n) is 16.4. The van der Waals surface area contributed by atoms with Crippen LogP contribution in [-0.4, -0.2) is 28.2 Å². The molecule has 0 aliphatic heterocycles. The monoisotopic (exact) mass is 348 g/mol. The lowest BCUT2D eigenvalue weighted by Crippen LogP contribution is -2.59. The van der Waals surface area contributed by atoms with E-state index in [0.29, 0.717) is 35.4 Å². The first-order chi connectivity index (χ1) is 11.7. The van der Waals surface area contributed by atoms with E-state index in [2.05, 4.69) is 20.8 Å². The van der Waals surface area contributed by atoms with Gasteiger partial charge in [-0.15, -0.1) is 0 Å². The molecule has 0 aromatic rings. The van der Waals surface area contributed by atoms with Crippen LogP contribution in [0.2, 0.25) is 0 Å². The number of aliphatic hydroxyl groups is 2.